The molecule has 2 aromatic rings. The lowest BCUT2D eigenvalue weighted by atomic mass is 10.1. The van der Waals surface area contributed by atoms with Crippen molar-refractivity contribution < 1.29 is 14.3 Å². The highest BCUT2D eigenvalue weighted by molar-refractivity contribution is 9.10. The van der Waals surface area contributed by atoms with Crippen molar-refractivity contribution in [3.63, 3.8) is 0 Å². The fraction of sp³-hybridized carbons (Fsp3) is 0.176. The fourth-order valence-corrected chi connectivity index (χ4v) is 2.25. The molecule has 0 atom stereocenters. The van der Waals surface area contributed by atoms with Gasteiger partial charge in [-0.25, -0.2) is 4.79 Å². The second kappa shape index (κ2) is 7.22. The predicted molar refractivity (Wildman–Crippen MR) is 89.0 cm³/mol. The Morgan fingerprint density at radius 1 is 1.05 bits per heavy atom. The smallest absolute Gasteiger partial charge is 0.338 e. The normalized spacial score (nSPS) is 10.1. The first-order valence-electron chi connectivity index (χ1n) is 6.76. The van der Waals surface area contributed by atoms with Crippen molar-refractivity contribution in [1.29, 1.82) is 0 Å². The Balaban J connectivity index is 1.93. The van der Waals surface area contributed by atoms with E-state index < -0.39 is 5.97 Å². The Bertz CT molecular complexity index is 675. The van der Waals surface area contributed by atoms with Gasteiger partial charge in [0.1, 0.15) is 0 Å². The van der Waals surface area contributed by atoms with Crippen molar-refractivity contribution in [2.75, 3.05) is 11.9 Å². The standard InChI is InChI=1S/C17H16BrNO3/c1-11-4-3-5-12(2)16(11)19-15(20)10-22-17(21)13-6-8-14(18)9-7-13/h3-9H,10H2,1-2H3,(H,19,20). The van der Waals surface area contributed by atoms with E-state index in [1.54, 1.807) is 24.3 Å². The summed E-state index contributed by atoms with van der Waals surface area (Å²) in [5.74, 6) is -0.882. The number of hydrogen-bond donors (Lipinski definition) is 1. The number of benzene rings is 2. The number of anilines is 1. The van der Waals surface area contributed by atoms with Crippen LogP contribution in [0.5, 0.6) is 0 Å². The maximum absolute atomic E-state index is 11.9. The number of para-hydroxylation sites is 1. The molecule has 1 N–H and O–H groups in total. The quantitative estimate of drug-likeness (QED) is 0.841. The number of nitrogens with one attached hydrogen (secondary N) is 1. The van der Waals surface area contributed by atoms with E-state index in [2.05, 4.69) is 21.2 Å². The number of amides is 1. The zero-order valence-electron chi connectivity index (χ0n) is 12.4. The van der Waals surface area contributed by atoms with Crippen molar-refractivity contribution in [3.8, 4) is 0 Å². The monoisotopic (exact) mass is 361 g/mol. The van der Waals surface area contributed by atoms with Gasteiger partial charge < -0.3 is 10.1 Å². The third-order valence-corrected chi connectivity index (χ3v) is 3.69. The van der Waals surface area contributed by atoms with Crippen LogP contribution >= 0.6 is 15.9 Å². The van der Waals surface area contributed by atoms with Gasteiger partial charge in [0.25, 0.3) is 5.91 Å². The molecule has 0 aromatic heterocycles. The van der Waals surface area contributed by atoms with E-state index in [4.69, 9.17) is 4.74 Å². The Hall–Kier alpha value is -2.14. The average Bonchev–Trinajstić information content (AvgIpc) is 2.49. The highest BCUT2D eigenvalue weighted by Crippen LogP contribution is 2.19. The van der Waals surface area contributed by atoms with Crippen molar-refractivity contribution in [1.82, 2.24) is 0 Å². The van der Waals surface area contributed by atoms with Gasteiger partial charge in [-0.1, -0.05) is 34.1 Å². The summed E-state index contributed by atoms with van der Waals surface area (Å²) in [6, 6.07) is 12.5. The van der Waals surface area contributed by atoms with Gasteiger partial charge in [0, 0.05) is 10.2 Å². The lowest BCUT2D eigenvalue weighted by Gasteiger charge is -2.11. The summed E-state index contributed by atoms with van der Waals surface area (Å²) in [7, 11) is 0. The molecule has 0 saturated heterocycles. The van der Waals surface area contributed by atoms with Crippen LogP contribution in [-0.4, -0.2) is 18.5 Å². The molecular weight excluding hydrogens is 346 g/mol. The Morgan fingerprint density at radius 3 is 2.23 bits per heavy atom. The van der Waals surface area contributed by atoms with Crippen LogP contribution in [0, 0.1) is 13.8 Å². The van der Waals surface area contributed by atoms with Crippen LogP contribution in [0.1, 0.15) is 21.5 Å². The van der Waals surface area contributed by atoms with Gasteiger partial charge in [-0.15, -0.1) is 0 Å². The zero-order chi connectivity index (χ0) is 16.1. The molecule has 0 aliphatic rings. The maximum atomic E-state index is 11.9. The van der Waals surface area contributed by atoms with Crippen LogP contribution in [0.3, 0.4) is 0 Å². The predicted octanol–water partition coefficient (Wildman–Crippen LogP) is 3.86. The number of ether oxygens (including phenoxy) is 1. The van der Waals surface area contributed by atoms with E-state index in [1.165, 1.54) is 0 Å². The molecule has 0 aliphatic heterocycles. The topological polar surface area (TPSA) is 55.4 Å². The van der Waals surface area contributed by atoms with E-state index >= 15 is 0 Å². The number of hydrogen-bond acceptors (Lipinski definition) is 3. The van der Waals surface area contributed by atoms with Crippen LogP contribution < -0.4 is 5.32 Å². The summed E-state index contributed by atoms with van der Waals surface area (Å²) in [5.41, 5.74) is 3.09. The van der Waals surface area contributed by atoms with E-state index in [9.17, 15) is 9.59 Å². The van der Waals surface area contributed by atoms with Crippen LogP contribution in [0.4, 0.5) is 5.69 Å². The van der Waals surface area contributed by atoms with E-state index in [0.29, 0.717) is 5.56 Å². The van der Waals surface area contributed by atoms with Crippen LogP contribution in [0.25, 0.3) is 0 Å². The summed E-state index contributed by atoms with van der Waals surface area (Å²) in [6.45, 7) is 3.51. The molecule has 2 aromatic carbocycles. The summed E-state index contributed by atoms with van der Waals surface area (Å²) >= 11 is 3.29. The van der Waals surface area contributed by atoms with Crippen molar-refractivity contribution in [3.05, 3.63) is 63.6 Å². The van der Waals surface area contributed by atoms with Gasteiger partial charge >= 0.3 is 5.97 Å². The maximum Gasteiger partial charge on any atom is 0.338 e. The van der Waals surface area contributed by atoms with Gasteiger partial charge in [-0.05, 0) is 49.2 Å². The van der Waals surface area contributed by atoms with Crippen LogP contribution in [0.2, 0.25) is 0 Å². The van der Waals surface area contributed by atoms with Gasteiger partial charge in [-0.3, -0.25) is 4.79 Å². The number of esters is 1. The Morgan fingerprint density at radius 2 is 1.64 bits per heavy atom. The highest BCUT2D eigenvalue weighted by Gasteiger charge is 2.11. The fourth-order valence-electron chi connectivity index (χ4n) is 1.99. The second-order valence-electron chi connectivity index (χ2n) is 4.90. The second-order valence-corrected chi connectivity index (χ2v) is 5.81. The molecule has 114 valence electrons. The minimum Gasteiger partial charge on any atom is -0.452 e. The van der Waals surface area contributed by atoms with Crippen molar-refractivity contribution in [2.45, 2.75) is 13.8 Å². The van der Waals surface area contributed by atoms with Crippen LogP contribution in [0.15, 0.2) is 46.9 Å². The van der Waals surface area contributed by atoms with Crippen molar-refractivity contribution in [2.24, 2.45) is 0 Å². The third kappa shape index (κ3) is 4.18. The first kappa shape index (κ1) is 16.2. The summed E-state index contributed by atoms with van der Waals surface area (Å²) in [6.07, 6.45) is 0. The molecule has 0 fully saturated rings. The first-order chi connectivity index (χ1) is 10.5. The molecule has 0 aliphatic carbocycles. The van der Waals surface area contributed by atoms with E-state index in [1.807, 2.05) is 32.0 Å². The molecule has 0 bridgehead atoms. The first-order valence-corrected chi connectivity index (χ1v) is 7.55. The molecule has 0 heterocycles. The molecule has 4 nitrogen and oxygen atoms in total. The largest absolute Gasteiger partial charge is 0.452 e. The number of rotatable bonds is 4. The van der Waals surface area contributed by atoms with Gasteiger partial charge in [0.05, 0.1) is 5.56 Å². The number of aryl methyl sites for hydroxylation is 2. The van der Waals surface area contributed by atoms with Crippen molar-refractivity contribution >= 4 is 33.5 Å². The molecule has 0 spiro atoms. The van der Waals surface area contributed by atoms with E-state index in [-0.39, 0.29) is 12.5 Å². The van der Waals surface area contributed by atoms with E-state index in [0.717, 1.165) is 21.3 Å². The molecule has 0 saturated carbocycles. The SMILES string of the molecule is Cc1cccc(C)c1NC(=O)COC(=O)c1ccc(Br)cc1. The molecule has 5 heteroatoms. The molecule has 0 radical (unpaired) electrons. The molecule has 0 unspecified atom stereocenters. The minimum atomic E-state index is -0.524. The number of carbonyl (C=O) groups is 2. The summed E-state index contributed by atoms with van der Waals surface area (Å²) < 4.78 is 5.89. The zero-order valence-corrected chi connectivity index (χ0v) is 13.9. The lowest BCUT2D eigenvalue weighted by Crippen LogP contribution is -2.21. The summed E-state index contributed by atoms with van der Waals surface area (Å²) in [4.78, 5) is 23.7. The molecule has 1 amide bonds. The highest BCUT2D eigenvalue weighted by atomic mass is 79.9. The molecule has 22 heavy (non-hydrogen) atoms. The Labute approximate surface area is 137 Å². The lowest BCUT2D eigenvalue weighted by molar-refractivity contribution is -0.119. The average molecular weight is 362 g/mol. The minimum absolute atomic E-state index is 0.317. The Kier molecular flexibility index (Phi) is 5.33. The van der Waals surface area contributed by atoms with Gasteiger partial charge in [-0.2, -0.15) is 0 Å². The number of carbonyl (C=O) groups excluding carboxylic acids is 2. The number of halogens is 1. The van der Waals surface area contributed by atoms with Gasteiger partial charge in [0.2, 0.25) is 0 Å². The van der Waals surface area contributed by atoms with Crippen LogP contribution in [-0.2, 0) is 9.53 Å². The molecule has 2 rings (SSSR count). The van der Waals surface area contributed by atoms with Gasteiger partial charge in [0.15, 0.2) is 6.61 Å². The summed E-state index contributed by atoms with van der Waals surface area (Å²) in [5, 5.41) is 2.77. The third-order valence-electron chi connectivity index (χ3n) is 3.16. The molecular formula is C17H16BrNO3.